The highest BCUT2D eigenvalue weighted by molar-refractivity contribution is 14.0. The summed E-state index contributed by atoms with van der Waals surface area (Å²) >= 11 is 0. The van der Waals surface area contributed by atoms with Crippen LogP contribution >= 0.6 is 24.0 Å². The molecular weight excluding hydrogens is 463 g/mol. The number of nitrogens with one attached hydrogen (secondary N) is 2. The number of aliphatic imine (C=N–C) groups is 1. The van der Waals surface area contributed by atoms with Crippen LogP contribution in [0.3, 0.4) is 0 Å². The summed E-state index contributed by atoms with van der Waals surface area (Å²) in [5.41, 5.74) is 1.40. The quantitative estimate of drug-likeness (QED) is 0.292. The van der Waals surface area contributed by atoms with Crippen LogP contribution in [0.4, 0.5) is 0 Å². The van der Waals surface area contributed by atoms with Gasteiger partial charge in [-0.1, -0.05) is 30.3 Å². The van der Waals surface area contributed by atoms with Crippen molar-refractivity contribution < 1.29 is 4.74 Å². The molecule has 1 atom stereocenters. The Labute approximate surface area is 188 Å². The number of halogens is 1. The third kappa shape index (κ3) is 10.1. The van der Waals surface area contributed by atoms with E-state index >= 15 is 0 Å². The zero-order valence-electron chi connectivity index (χ0n) is 17.8. The number of methoxy groups -OCH3 is 1. The van der Waals surface area contributed by atoms with E-state index < -0.39 is 0 Å². The fraction of sp³-hybridized carbons (Fsp3) is 0.682. The van der Waals surface area contributed by atoms with Crippen LogP contribution in [0.2, 0.25) is 0 Å². The summed E-state index contributed by atoms with van der Waals surface area (Å²) in [6.07, 6.45) is 4.66. The van der Waals surface area contributed by atoms with E-state index in [4.69, 9.17) is 9.73 Å². The van der Waals surface area contributed by atoms with Gasteiger partial charge >= 0.3 is 0 Å². The van der Waals surface area contributed by atoms with E-state index in [0.29, 0.717) is 12.0 Å². The van der Waals surface area contributed by atoms with Crippen LogP contribution in [0.1, 0.15) is 38.7 Å². The molecule has 1 unspecified atom stereocenters. The Kier molecular flexibility index (Phi) is 13.5. The second kappa shape index (κ2) is 15.0. The molecular formula is C22H39IN4O. The number of ether oxygens (including phenoxy) is 1. The number of aryl methyl sites for hydroxylation is 1. The first-order chi connectivity index (χ1) is 13.2. The third-order valence-corrected chi connectivity index (χ3v) is 5.26. The Morgan fingerprint density at radius 1 is 1.25 bits per heavy atom. The van der Waals surface area contributed by atoms with Crippen LogP contribution < -0.4 is 10.6 Å². The molecule has 5 nitrogen and oxygen atoms in total. The highest BCUT2D eigenvalue weighted by Crippen LogP contribution is 2.17. The van der Waals surface area contributed by atoms with Gasteiger partial charge < -0.3 is 20.3 Å². The zero-order valence-corrected chi connectivity index (χ0v) is 20.2. The number of hydrogen-bond acceptors (Lipinski definition) is 3. The minimum Gasteiger partial charge on any atom is -0.383 e. The second-order valence-corrected chi connectivity index (χ2v) is 7.57. The molecule has 0 spiro atoms. The molecule has 0 bridgehead atoms. The van der Waals surface area contributed by atoms with Crippen LogP contribution in [0.25, 0.3) is 0 Å². The normalized spacial score (nSPS) is 17.0. The number of nitrogens with zero attached hydrogens (tertiary/aromatic N) is 2. The lowest BCUT2D eigenvalue weighted by Crippen LogP contribution is -2.43. The molecule has 1 aromatic rings. The van der Waals surface area contributed by atoms with Gasteiger partial charge in [0.15, 0.2) is 5.96 Å². The molecule has 1 aliphatic heterocycles. The van der Waals surface area contributed by atoms with Crippen molar-refractivity contribution >= 4 is 29.9 Å². The highest BCUT2D eigenvalue weighted by Gasteiger charge is 2.18. The number of benzene rings is 1. The summed E-state index contributed by atoms with van der Waals surface area (Å²) in [7, 11) is 1.78. The Balaban J connectivity index is 0.00000392. The van der Waals surface area contributed by atoms with E-state index in [2.05, 4.69) is 59.7 Å². The lowest BCUT2D eigenvalue weighted by Gasteiger charge is -2.31. The van der Waals surface area contributed by atoms with Gasteiger partial charge in [-0.15, -0.1) is 24.0 Å². The Morgan fingerprint density at radius 3 is 2.61 bits per heavy atom. The number of likely N-dealkylation sites (tertiary alicyclic amines) is 1. The number of hydrogen-bond donors (Lipinski definition) is 2. The second-order valence-electron chi connectivity index (χ2n) is 7.57. The van der Waals surface area contributed by atoms with Crippen molar-refractivity contribution in [3.63, 3.8) is 0 Å². The van der Waals surface area contributed by atoms with Crippen molar-refractivity contribution in [3.8, 4) is 0 Å². The van der Waals surface area contributed by atoms with Gasteiger partial charge in [0.25, 0.3) is 0 Å². The van der Waals surface area contributed by atoms with E-state index in [1.165, 1.54) is 31.5 Å². The summed E-state index contributed by atoms with van der Waals surface area (Å²) in [4.78, 5) is 7.37. The van der Waals surface area contributed by atoms with Gasteiger partial charge in [-0.2, -0.15) is 0 Å². The Morgan fingerprint density at radius 2 is 1.96 bits per heavy atom. The topological polar surface area (TPSA) is 48.9 Å². The van der Waals surface area contributed by atoms with Crippen LogP contribution in [0.5, 0.6) is 0 Å². The van der Waals surface area contributed by atoms with Crippen molar-refractivity contribution in [2.24, 2.45) is 10.9 Å². The number of rotatable bonds is 10. The smallest absolute Gasteiger partial charge is 0.191 e. The van der Waals surface area contributed by atoms with Gasteiger partial charge in [-0.25, -0.2) is 0 Å². The molecule has 0 aromatic heterocycles. The standard InChI is InChI=1S/C22H38N4O.HI/c1-4-23-22(25-19(2)10-11-20-8-6-5-7-9-20)24-18-21-12-14-26(15-13-21)16-17-27-3;/h5-9,19,21H,4,10-18H2,1-3H3,(H2,23,24,25);1H. The largest absolute Gasteiger partial charge is 0.383 e. The molecule has 1 fully saturated rings. The lowest BCUT2D eigenvalue weighted by molar-refractivity contribution is 0.121. The highest BCUT2D eigenvalue weighted by atomic mass is 127. The molecule has 2 N–H and O–H groups in total. The fourth-order valence-electron chi connectivity index (χ4n) is 3.49. The van der Waals surface area contributed by atoms with Gasteiger partial charge in [0, 0.05) is 32.8 Å². The monoisotopic (exact) mass is 502 g/mol. The van der Waals surface area contributed by atoms with Gasteiger partial charge in [-0.3, -0.25) is 4.99 Å². The van der Waals surface area contributed by atoms with Gasteiger partial charge in [0.2, 0.25) is 0 Å². The van der Waals surface area contributed by atoms with Gasteiger partial charge in [0.05, 0.1) is 6.61 Å². The summed E-state index contributed by atoms with van der Waals surface area (Å²) in [5, 5.41) is 6.98. The minimum atomic E-state index is 0. The van der Waals surface area contributed by atoms with Crippen molar-refractivity contribution in [1.82, 2.24) is 15.5 Å². The summed E-state index contributed by atoms with van der Waals surface area (Å²) in [6, 6.07) is 11.1. The van der Waals surface area contributed by atoms with E-state index in [9.17, 15) is 0 Å². The van der Waals surface area contributed by atoms with Crippen LogP contribution in [0, 0.1) is 5.92 Å². The minimum absolute atomic E-state index is 0. The number of guanidine groups is 1. The van der Waals surface area contributed by atoms with Crippen molar-refractivity contribution in [3.05, 3.63) is 35.9 Å². The first-order valence-electron chi connectivity index (χ1n) is 10.5. The van der Waals surface area contributed by atoms with Crippen molar-refractivity contribution in [2.45, 2.75) is 45.6 Å². The molecule has 6 heteroatoms. The maximum absolute atomic E-state index is 5.18. The molecule has 28 heavy (non-hydrogen) atoms. The maximum Gasteiger partial charge on any atom is 0.191 e. The third-order valence-electron chi connectivity index (χ3n) is 5.26. The first-order valence-corrected chi connectivity index (χ1v) is 10.5. The maximum atomic E-state index is 5.18. The predicted molar refractivity (Wildman–Crippen MR) is 130 cm³/mol. The summed E-state index contributed by atoms with van der Waals surface area (Å²) in [5.74, 6) is 1.65. The molecule has 0 aliphatic carbocycles. The molecule has 2 rings (SSSR count). The van der Waals surface area contributed by atoms with Crippen molar-refractivity contribution in [1.29, 1.82) is 0 Å². The molecule has 0 amide bonds. The molecule has 1 saturated heterocycles. The Bertz CT molecular complexity index is 533. The Hall–Kier alpha value is -0.860. The van der Waals surface area contributed by atoms with Crippen LogP contribution in [-0.2, 0) is 11.2 Å². The van der Waals surface area contributed by atoms with E-state index in [0.717, 1.165) is 45.0 Å². The van der Waals surface area contributed by atoms with E-state index in [1.54, 1.807) is 7.11 Å². The number of piperidine rings is 1. The fourth-order valence-corrected chi connectivity index (χ4v) is 3.49. The average molecular weight is 502 g/mol. The predicted octanol–water partition coefficient (Wildman–Crippen LogP) is 3.54. The molecule has 1 aromatic carbocycles. The average Bonchev–Trinajstić information content (AvgIpc) is 2.70. The molecule has 0 saturated carbocycles. The van der Waals surface area contributed by atoms with E-state index in [1.807, 2.05) is 0 Å². The molecule has 1 heterocycles. The van der Waals surface area contributed by atoms with Crippen molar-refractivity contribution in [2.75, 3.05) is 46.4 Å². The van der Waals surface area contributed by atoms with Crippen LogP contribution in [0.15, 0.2) is 35.3 Å². The SMILES string of the molecule is CCNC(=NCC1CCN(CCOC)CC1)NC(C)CCc1ccccc1.I. The molecule has 1 aliphatic rings. The van der Waals surface area contributed by atoms with Gasteiger partial charge in [0.1, 0.15) is 0 Å². The molecule has 160 valence electrons. The van der Waals surface area contributed by atoms with Gasteiger partial charge in [-0.05, 0) is 64.1 Å². The lowest BCUT2D eigenvalue weighted by atomic mass is 9.97. The summed E-state index contributed by atoms with van der Waals surface area (Å²) < 4.78 is 5.18. The molecule has 0 radical (unpaired) electrons. The van der Waals surface area contributed by atoms with Crippen LogP contribution in [-0.4, -0.2) is 63.3 Å². The van der Waals surface area contributed by atoms with E-state index in [-0.39, 0.29) is 24.0 Å². The first kappa shape index (κ1) is 25.2. The summed E-state index contributed by atoms with van der Waals surface area (Å²) in [6.45, 7) is 10.4. The zero-order chi connectivity index (χ0) is 19.3.